The standard InChI is InChI=1S/C27H20ClN5O/c1-17-29-25-23(27(34)32(17)16-19-11-5-6-12-20(19)28)24-26(31-22-14-8-7-13-21(22)30-24)33(25)15-18-9-3-2-4-10-18/h2-14H,15-16H2,1H3. The summed E-state index contributed by atoms with van der Waals surface area (Å²) >= 11 is 6.39. The molecule has 0 atom stereocenters. The molecule has 0 saturated carbocycles. The lowest BCUT2D eigenvalue weighted by molar-refractivity contribution is 0.707. The van der Waals surface area contributed by atoms with Crippen LogP contribution in [0.15, 0.2) is 83.7 Å². The van der Waals surface area contributed by atoms with E-state index in [1.54, 1.807) is 4.57 Å². The molecule has 3 aromatic heterocycles. The van der Waals surface area contributed by atoms with Crippen LogP contribution in [0.5, 0.6) is 0 Å². The van der Waals surface area contributed by atoms with Crippen molar-refractivity contribution in [3.8, 4) is 0 Å². The van der Waals surface area contributed by atoms with E-state index in [4.69, 9.17) is 26.6 Å². The number of fused-ring (bicyclic) bond motifs is 4. The fourth-order valence-corrected chi connectivity index (χ4v) is 4.59. The fraction of sp³-hybridized carbons (Fsp3) is 0.111. The van der Waals surface area contributed by atoms with Gasteiger partial charge in [0, 0.05) is 5.02 Å². The van der Waals surface area contributed by atoms with E-state index in [0.29, 0.717) is 46.1 Å². The molecular formula is C27H20ClN5O. The Balaban J connectivity index is 1.66. The van der Waals surface area contributed by atoms with Crippen molar-refractivity contribution in [2.24, 2.45) is 0 Å². The van der Waals surface area contributed by atoms with Crippen molar-refractivity contribution < 1.29 is 0 Å². The molecule has 0 unspecified atom stereocenters. The molecular weight excluding hydrogens is 446 g/mol. The van der Waals surface area contributed by atoms with Gasteiger partial charge in [0.05, 0.1) is 24.1 Å². The predicted molar refractivity (Wildman–Crippen MR) is 135 cm³/mol. The summed E-state index contributed by atoms with van der Waals surface area (Å²) in [5.41, 5.74) is 5.13. The zero-order valence-electron chi connectivity index (χ0n) is 18.4. The van der Waals surface area contributed by atoms with Gasteiger partial charge in [-0.05, 0) is 36.2 Å². The molecule has 0 radical (unpaired) electrons. The Labute approximate surface area is 200 Å². The van der Waals surface area contributed by atoms with Crippen molar-refractivity contribution in [3.05, 3.63) is 111 Å². The Morgan fingerprint density at radius 2 is 1.41 bits per heavy atom. The number of aryl methyl sites for hydroxylation is 1. The van der Waals surface area contributed by atoms with Crippen LogP contribution < -0.4 is 5.56 Å². The third-order valence-electron chi connectivity index (χ3n) is 6.11. The van der Waals surface area contributed by atoms with Gasteiger partial charge in [0.1, 0.15) is 16.7 Å². The molecule has 3 aromatic carbocycles. The Bertz CT molecular complexity index is 1750. The van der Waals surface area contributed by atoms with Gasteiger partial charge in [-0.15, -0.1) is 0 Å². The van der Waals surface area contributed by atoms with Gasteiger partial charge in [-0.1, -0.05) is 72.3 Å². The molecule has 0 saturated heterocycles. The van der Waals surface area contributed by atoms with Crippen molar-refractivity contribution in [2.45, 2.75) is 20.0 Å². The number of aromatic nitrogens is 5. The van der Waals surface area contributed by atoms with E-state index in [1.165, 1.54) is 0 Å². The van der Waals surface area contributed by atoms with E-state index in [1.807, 2.05) is 78.2 Å². The molecule has 166 valence electrons. The van der Waals surface area contributed by atoms with Gasteiger partial charge in [0.15, 0.2) is 11.3 Å². The summed E-state index contributed by atoms with van der Waals surface area (Å²) in [6.45, 7) is 2.72. The number of rotatable bonds is 4. The molecule has 6 aromatic rings. The van der Waals surface area contributed by atoms with Gasteiger partial charge >= 0.3 is 0 Å². The van der Waals surface area contributed by atoms with Gasteiger partial charge in [0.25, 0.3) is 5.56 Å². The van der Waals surface area contributed by atoms with Crippen LogP contribution >= 0.6 is 11.6 Å². The maximum absolute atomic E-state index is 13.9. The summed E-state index contributed by atoms with van der Waals surface area (Å²) in [7, 11) is 0. The zero-order valence-corrected chi connectivity index (χ0v) is 19.2. The molecule has 0 aliphatic rings. The maximum Gasteiger partial charge on any atom is 0.265 e. The topological polar surface area (TPSA) is 65.6 Å². The van der Waals surface area contributed by atoms with Crippen LogP contribution in [-0.2, 0) is 13.1 Å². The molecule has 0 bridgehead atoms. The highest BCUT2D eigenvalue weighted by atomic mass is 35.5. The van der Waals surface area contributed by atoms with Gasteiger partial charge in [0.2, 0.25) is 0 Å². The largest absolute Gasteiger partial charge is 0.304 e. The van der Waals surface area contributed by atoms with Crippen molar-refractivity contribution in [3.63, 3.8) is 0 Å². The summed E-state index contributed by atoms with van der Waals surface area (Å²) in [6.07, 6.45) is 0. The van der Waals surface area contributed by atoms with Gasteiger partial charge in [-0.3, -0.25) is 9.36 Å². The lowest BCUT2D eigenvalue weighted by Crippen LogP contribution is -2.25. The summed E-state index contributed by atoms with van der Waals surface area (Å²) in [5, 5.41) is 1.09. The average molecular weight is 466 g/mol. The van der Waals surface area contributed by atoms with Crippen LogP contribution in [0, 0.1) is 6.92 Å². The van der Waals surface area contributed by atoms with E-state index < -0.39 is 0 Å². The first kappa shape index (κ1) is 20.6. The highest BCUT2D eigenvalue weighted by Crippen LogP contribution is 2.27. The molecule has 0 aliphatic carbocycles. The van der Waals surface area contributed by atoms with Gasteiger partial charge < -0.3 is 4.57 Å². The minimum absolute atomic E-state index is 0.149. The third-order valence-corrected chi connectivity index (χ3v) is 6.48. The number of para-hydroxylation sites is 2. The summed E-state index contributed by atoms with van der Waals surface area (Å²) < 4.78 is 3.65. The molecule has 3 heterocycles. The number of benzene rings is 3. The van der Waals surface area contributed by atoms with E-state index in [0.717, 1.165) is 22.2 Å². The molecule has 0 aliphatic heterocycles. The first-order valence-electron chi connectivity index (χ1n) is 11.0. The van der Waals surface area contributed by atoms with E-state index >= 15 is 0 Å². The van der Waals surface area contributed by atoms with Crippen LogP contribution in [0.1, 0.15) is 17.0 Å². The van der Waals surface area contributed by atoms with E-state index in [-0.39, 0.29) is 5.56 Å². The molecule has 34 heavy (non-hydrogen) atoms. The van der Waals surface area contributed by atoms with Crippen molar-refractivity contribution in [1.29, 1.82) is 0 Å². The Kier molecular flexibility index (Phi) is 4.89. The predicted octanol–water partition coefficient (Wildman–Crippen LogP) is 5.35. The summed E-state index contributed by atoms with van der Waals surface area (Å²) in [5.74, 6) is 0.610. The number of nitrogens with zero attached hydrogens (tertiary/aromatic N) is 5. The maximum atomic E-state index is 13.9. The fourth-order valence-electron chi connectivity index (χ4n) is 4.40. The van der Waals surface area contributed by atoms with Crippen LogP contribution in [-0.4, -0.2) is 24.1 Å². The average Bonchev–Trinajstić information content (AvgIpc) is 3.14. The van der Waals surface area contributed by atoms with Crippen molar-refractivity contribution in [2.75, 3.05) is 0 Å². The van der Waals surface area contributed by atoms with Crippen molar-refractivity contribution >= 4 is 44.8 Å². The normalized spacial score (nSPS) is 11.6. The third kappa shape index (κ3) is 3.35. The zero-order chi connectivity index (χ0) is 23.2. The van der Waals surface area contributed by atoms with Crippen molar-refractivity contribution in [1.82, 2.24) is 24.1 Å². The number of hydrogen-bond donors (Lipinski definition) is 0. The molecule has 0 amide bonds. The van der Waals surface area contributed by atoms with Crippen LogP contribution in [0.25, 0.3) is 33.2 Å². The molecule has 6 nitrogen and oxygen atoms in total. The second-order valence-electron chi connectivity index (χ2n) is 8.30. The smallest absolute Gasteiger partial charge is 0.265 e. The molecule has 0 fully saturated rings. The summed E-state index contributed by atoms with van der Waals surface area (Å²) in [6, 6.07) is 25.3. The molecule has 7 heteroatoms. The Hall–Kier alpha value is -4.03. The minimum atomic E-state index is -0.149. The van der Waals surface area contributed by atoms with Crippen LogP contribution in [0.3, 0.4) is 0 Å². The molecule has 6 rings (SSSR count). The lowest BCUT2D eigenvalue weighted by atomic mass is 10.2. The SMILES string of the molecule is Cc1nc2c(c(=O)n1Cc1ccccc1Cl)c1nc3ccccc3nc1n2Cc1ccccc1. The second-order valence-corrected chi connectivity index (χ2v) is 8.70. The quantitative estimate of drug-likeness (QED) is 0.352. The lowest BCUT2D eigenvalue weighted by Gasteiger charge is -2.12. The number of hydrogen-bond acceptors (Lipinski definition) is 4. The monoisotopic (exact) mass is 465 g/mol. The van der Waals surface area contributed by atoms with Gasteiger partial charge in [-0.2, -0.15) is 0 Å². The van der Waals surface area contributed by atoms with Crippen LogP contribution in [0.4, 0.5) is 0 Å². The minimum Gasteiger partial charge on any atom is -0.304 e. The first-order chi connectivity index (χ1) is 16.6. The van der Waals surface area contributed by atoms with E-state index in [9.17, 15) is 4.79 Å². The van der Waals surface area contributed by atoms with Gasteiger partial charge in [-0.25, -0.2) is 15.0 Å². The second kappa shape index (κ2) is 8.08. The highest BCUT2D eigenvalue weighted by molar-refractivity contribution is 6.31. The number of halogens is 1. The van der Waals surface area contributed by atoms with Crippen LogP contribution in [0.2, 0.25) is 5.02 Å². The first-order valence-corrected chi connectivity index (χ1v) is 11.4. The summed E-state index contributed by atoms with van der Waals surface area (Å²) in [4.78, 5) is 28.5. The molecule has 0 spiro atoms. The Morgan fingerprint density at radius 3 is 2.18 bits per heavy atom. The van der Waals surface area contributed by atoms with E-state index in [2.05, 4.69) is 12.1 Å². The molecule has 0 N–H and O–H groups in total. The highest BCUT2D eigenvalue weighted by Gasteiger charge is 2.21. The Morgan fingerprint density at radius 1 is 0.735 bits per heavy atom.